The highest BCUT2D eigenvalue weighted by atomic mass is 19.3. The van der Waals surface area contributed by atoms with E-state index >= 15 is 0 Å². The van der Waals surface area contributed by atoms with E-state index in [2.05, 4.69) is 0 Å². The Hall–Kier alpha value is -3.52. The largest absolute Gasteiger partial charge is 0.493 e. The third-order valence-corrected chi connectivity index (χ3v) is 6.37. The van der Waals surface area contributed by atoms with Crippen molar-refractivity contribution < 1.29 is 41.4 Å². The van der Waals surface area contributed by atoms with Crippen LogP contribution in [0.4, 0.5) is 28.9 Å². The predicted molar refractivity (Wildman–Crippen MR) is 140 cm³/mol. The van der Waals surface area contributed by atoms with Crippen molar-refractivity contribution in [2.24, 2.45) is 0 Å². The monoisotopic (exact) mass is 574 g/mol. The fraction of sp³-hybridized carbons (Fsp3) is 0.538. The summed E-state index contributed by atoms with van der Waals surface area (Å²) in [7, 11) is 2.91. The molecule has 10 nitrogen and oxygen atoms in total. The first-order valence-corrected chi connectivity index (χ1v) is 12.6. The number of nitrogen functional groups attached to an aromatic ring is 1. The van der Waals surface area contributed by atoms with Crippen molar-refractivity contribution in [2.45, 2.75) is 24.7 Å². The first-order chi connectivity index (χ1) is 18.9. The molecule has 2 fully saturated rings. The first-order valence-electron chi connectivity index (χ1n) is 12.6. The molecule has 0 aliphatic carbocycles. The van der Waals surface area contributed by atoms with E-state index in [4.69, 9.17) is 24.7 Å². The van der Waals surface area contributed by atoms with Crippen molar-refractivity contribution in [3.05, 3.63) is 46.5 Å². The summed E-state index contributed by atoms with van der Waals surface area (Å²) in [4.78, 5) is 13.5. The average molecular weight is 575 g/mol. The molecular weight excluding hydrogens is 540 g/mol. The lowest BCUT2D eigenvalue weighted by Crippen LogP contribution is -2.29. The number of hydrogen-bond donors (Lipinski definition) is 1. The Morgan fingerprint density at radius 1 is 0.825 bits per heavy atom. The van der Waals surface area contributed by atoms with Gasteiger partial charge in [0.05, 0.1) is 38.3 Å². The van der Waals surface area contributed by atoms with Gasteiger partial charge in [0.25, 0.3) is 17.5 Å². The van der Waals surface area contributed by atoms with Gasteiger partial charge in [-0.25, -0.2) is 17.6 Å². The van der Waals surface area contributed by atoms with E-state index in [9.17, 15) is 27.7 Å². The van der Waals surface area contributed by atoms with E-state index in [0.717, 1.165) is 0 Å². The van der Waals surface area contributed by atoms with Crippen LogP contribution in [-0.4, -0.2) is 93.3 Å². The van der Waals surface area contributed by atoms with Gasteiger partial charge in [0.1, 0.15) is 13.2 Å². The fourth-order valence-electron chi connectivity index (χ4n) is 4.26. The smallest absolute Gasteiger partial charge is 0.273 e. The van der Waals surface area contributed by atoms with Gasteiger partial charge in [-0.15, -0.1) is 0 Å². The number of alkyl halides is 4. The van der Waals surface area contributed by atoms with Crippen molar-refractivity contribution in [1.29, 1.82) is 0 Å². The second-order valence-electron chi connectivity index (χ2n) is 9.46. The van der Waals surface area contributed by atoms with Crippen LogP contribution in [0.2, 0.25) is 0 Å². The quantitative estimate of drug-likeness (QED) is 0.181. The summed E-state index contributed by atoms with van der Waals surface area (Å²) in [6.07, 6.45) is -0.202. The van der Waals surface area contributed by atoms with E-state index in [1.54, 1.807) is 28.0 Å². The number of hydrogen-bond acceptors (Lipinski definition) is 9. The lowest BCUT2D eigenvalue weighted by molar-refractivity contribution is -0.385. The number of nitrogens with two attached hydrogens (primary N) is 1. The van der Waals surface area contributed by atoms with Gasteiger partial charge in [0.15, 0.2) is 23.0 Å². The Morgan fingerprint density at radius 3 is 1.73 bits per heavy atom. The van der Waals surface area contributed by atoms with E-state index in [-0.39, 0.29) is 44.0 Å². The number of nitro benzene ring substituents is 1. The Bertz CT molecular complexity index is 1140. The van der Waals surface area contributed by atoms with Gasteiger partial charge in [-0.1, -0.05) is 0 Å². The molecule has 2 N–H and O–H groups in total. The third-order valence-electron chi connectivity index (χ3n) is 6.37. The van der Waals surface area contributed by atoms with Crippen molar-refractivity contribution >= 4 is 11.4 Å². The summed E-state index contributed by atoms with van der Waals surface area (Å²) < 4.78 is 73.2. The molecule has 0 atom stereocenters. The number of nitro groups is 1. The van der Waals surface area contributed by atoms with Gasteiger partial charge in [-0.3, -0.25) is 19.9 Å². The maximum absolute atomic E-state index is 13.0. The molecule has 2 aromatic carbocycles. The minimum atomic E-state index is -2.62. The molecule has 0 spiro atoms. The van der Waals surface area contributed by atoms with Crippen LogP contribution in [0.25, 0.3) is 0 Å². The zero-order chi connectivity index (χ0) is 29.3. The molecule has 0 aromatic heterocycles. The minimum absolute atomic E-state index is 0.0712. The lowest BCUT2D eigenvalue weighted by Gasteiger charge is -2.16. The number of methoxy groups -OCH3 is 2. The molecule has 0 amide bonds. The number of nitrogens with zero attached hydrogens (tertiary/aromatic N) is 3. The van der Waals surface area contributed by atoms with Crippen LogP contribution < -0.4 is 24.7 Å². The molecule has 2 heterocycles. The van der Waals surface area contributed by atoms with Crippen LogP contribution >= 0.6 is 0 Å². The molecule has 222 valence electrons. The van der Waals surface area contributed by atoms with Crippen LogP contribution in [-0.2, 0) is 0 Å². The van der Waals surface area contributed by atoms with Crippen LogP contribution in [0.5, 0.6) is 23.0 Å². The molecule has 0 radical (unpaired) electrons. The Kier molecular flexibility index (Phi) is 10.6. The number of benzene rings is 2. The van der Waals surface area contributed by atoms with Crippen LogP contribution in [0.15, 0.2) is 36.4 Å². The Labute approximate surface area is 229 Å². The molecule has 2 aliphatic heterocycles. The normalized spacial score (nSPS) is 18.1. The van der Waals surface area contributed by atoms with Crippen molar-refractivity contribution in [3.8, 4) is 23.0 Å². The Morgan fingerprint density at radius 2 is 1.30 bits per heavy atom. The second kappa shape index (κ2) is 13.7. The molecular formula is C26H34F4N4O6. The second-order valence-corrected chi connectivity index (χ2v) is 9.46. The van der Waals surface area contributed by atoms with E-state index in [1.165, 1.54) is 32.4 Å². The maximum atomic E-state index is 13.0. The molecule has 14 heteroatoms. The predicted octanol–water partition coefficient (Wildman–Crippen LogP) is 4.32. The number of ether oxygens (including phenoxy) is 4. The summed E-state index contributed by atoms with van der Waals surface area (Å²) >= 11 is 0. The van der Waals surface area contributed by atoms with Gasteiger partial charge in [-0.05, 0) is 18.2 Å². The third kappa shape index (κ3) is 9.30. The highest BCUT2D eigenvalue weighted by molar-refractivity contribution is 5.52. The highest BCUT2D eigenvalue weighted by Crippen LogP contribution is 2.32. The number of likely N-dealkylation sites (tertiary alicyclic amines) is 2. The van der Waals surface area contributed by atoms with Crippen molar-refractivity contribution in [2.75, 3.05) is 72.4 Å². The number of anilines is 1. The number of non-ortho nitro benzene ring substituents is 1. The molecule has 2 saturated heterocycles. The van der Waals surface area contributed by atoms with Crippen molar-refractivity contribution in [3.63, 3.8) is 0 Å². The number of rotatable bonds is 11. The highest BCUT2D eigenvalue weighted by Gasteiger charge is 2.38. The molecule has 2 aliphatic rings. The summed E-state index contributed by atoms with van der Waals surface area (Å²) in [5.41, 5.74) is 6.12. The van der Waals surface area contributed by atoms with E-state index in [1.807, 2.05) is 0 Å². The van der Waals surface area contributed by atoms with Crippen LogP contribution in [0.3, 0.4) is 0 Å². The average Bonchev–Trinajstić information content (AvgIpc) is 3.44. The van der Waals surface area contributed by atoms with Gasteiger partial charge < -0.3 is 24.7 Å². The van der Waals surface area contributed by atoms with E-state index < -0.39 is 16.8 Å². The van der Waals surface area contributed by atoms with Gasteiger partial charge in [0.2, 0.25) is 0 Å². The van der Waals surface area contributed by atoms with Gasteiger partial charge in [0, 0.05) is 56.8 Å². The molecule has 4 rings (SSSR count). The van der Waals surface area contributed by atoms with Gasteiger partial charge >= 0.3 is 0 Å². The number of halogens is 4. The maximum Gasteiger partial charge on any atom is 0.273 e. The topological polar surface area (TPSA) is 113 Å². The molecule has 0 bridgehead atoms. The standard InChI is InChI=1S/C13H16F2N2O4.C13H18F2N2O2/c1-20-12-8-10(17(18)19)2-3-11(12)21-7-6-16-5-4-13(14,15)9-16;1-18-12-8-10(16)2-3-11(12)19-7-6-17-5-4-13(14,15)9-17/h2-3,8H,4-7,9H2,1H3;2-3,8H,4-7,9,16H2,1H3. The summed E-state index contributed by atoms with van der Waals surface area (Å²) in [6.45, 7) is 1.71. The van der Waals surface area contributed by atoms with Crippen molar-refractivity contribution in [1.82, 2.24) is 9.80 Å². The zero-order valence-corrected chi connectivity index (χ0v) is 22.4. The lowest BCUT2D eigenvalue weighted by atomic mass is 10.3. The van der Waals surface area contributed by atoms with Crippen LogP contribution in [0.1, 0.15) is 12.8 Å². The summed E-state index contributed by atoms with van der Waals surface area (Å²) in [6, 6.07) is 9.10. The minimum Gasteiger partial charge on any atom is -0.493 e. The molecule has 0 unspecified atom stereocenters. The van der Waals surface area contributed by atoms with Gasteiger partial charge in [-0.2, -0.15) is 0 Å². The fourth-order valence-corrected chi connectivity index (χ4v) is 4.26. The first kappa shape index (κ1) is 31.0. The SMILES string of the molecule is COc1cc(N)ccc1OCCN1CCC(F)(F)C1.COc1cc([N+](=O)[O-])ccc1OCCN1CCC(F)(F)C1. The Balaban J connectivity index is 0.000000222. The molecule has 40 heavy (non-hydrogen) atoms. The zero-order valence-electron chi connectivity index (χ0n) is 22.4. The summed E-state index contributed by atoms with van der Waals surface area (Å²) in [5, 5.41) is 10.7. The summed E-state index contributed by atoms with van der Waals surface area (Å²) in [5.74, 6) is -3.45. The van der Waals surface area contributed by atoms with Crippen LogP contribution in [0, 0.1) is 10.1 Å². The molecule has 0 saturated carbocycles. The van der Waals surface area contributed by atoms with E-state index in [0.29, 0.717) is 55.7 Å². The molecule has 2 aromatic rings.